The lowest BCUT2D eigenvalue weighted by Crippen LogP contribution is -2.46. The zero-order chi connectivity index (χ0) is 13.1. The van der Waals surface area contributed by atoms with Gasteiger partial charge in [-0.2, -0.15) is 0 Å². The van der Waals surface area contributed by atoms with E-state index in [2.05, 4.69) is 21.2 Å². The standard InChI is InChI=1S/C12H14BrF3N2.2ClH/c13-9-7-8(1-2-10(9)14)11(12(15)16)18-5-3-17-4-6-18;;/h1-2,7,11-12,17H,3-6H2;2*1H/t11-;;/m1../s1. The molecular weight excluding hydrogens is 380 g/mol. The van der Waals surface area contributed by atoms with Crippen LogP contribution in [-0.2, 0) is 0 Å². The summed E-state index contributed by atoms with van der Waals surface area (Å²) in [5.74, 6) is -0.438. The molecule has 0 radical (unpaired) electrons. The summed E-state index contributed by atoms with van der Waals surface area (Å²) in [4.78, 5) is 1.74. The monoisotopic (exact) mass is 394 g/mol. The van der Waals surface area contributed by atoms with Crippen molar-refractivity contribution in [3.63, 3.8) is 0 Å². The van der Waals surface area contributed by atoms with Crippen molar-refractivity contribution in [2.75, 3.05) is 26.2 Å². The molecule has 1 N–H and O–H groups in total. The van der Waals surface area contributed by atoms with Gasteiger partial charge in [0.05, 0.1) is 10.5 Å². The third-order valence-electron chi connectivity index (χ3n) is 3.07. The maximum atomic E-state index is 13.2. The minimum atomic E-state index is -2.49. The number of piperazine rings is 1. The van der Waals surface area contributed by atoms with Crippen molar-refractivity contribution in [2.24, 2.45) is 0 Å². The van der Waals surface area contributed by atoms with Gasteiger partial charge in [-0.15, -0.1) is 24.8 Å². The molecule has 0 spiro atoms. The highest BCUT2D eigenvalue weighted by Crippen LogP contribution is 2.30. The second kappa shape index (κ2) is 9.10. The fraction of sp³-hybridized carbons (Fsp3) is 0.500. The van der Waals surface area contributed by atoms with Crippen LogP contribution in [-0.4, -0.2) is 37.5 Å². The highest BCUT2D eigenvalue weighted by molar-refractivity contribution is 9.10. The lowest BCUT2D eigenvalue weighted by molar-refractivity contribution is 0.0181. The summed E-state index contributed by atoms with van der Waals surface area (Å²) < 4.78 is 39.8. The van der Waals surface area contributed by atoms with Crippen molar-refractivity contribution in [3.8, 4) is 0 Å². The second-order valence-corrected chi connectivity index (χ2v) is 5.09. The molecule has 1 saturated heterocycles. The Bertz CT molecular complexity index is 418. The zero-order valence-electron chi connectivity index (χ0n) is 10.5. The van der Waals surface area contributed by atoms with Gasteiger partial charge in [0.25, 0.3) is 6.43 Å². The van der Waals surface area contributed by atoms with E-state index in [-0.39, 0.29) is 29.3 Å². The summed E-state index contributed by atoms with van der Waals surface area (Å²) in [6.07, 6.45) is -2.49. The van der Waals surface area contributed by atoms with E-state index in [1.54, 1.807) is 4.90 Å². The molecular formula is C12H16BrCl2F3N2. The van der Waals surface area contributed by atoms with Gasteiger partial charge >= 0.3 is 0 Å². The van der Waals surface area contributed by atoms with Crippen LogP contribution in [0.5, 0.6) is 0 Å². The van der Waals surface area contributed by atoms with E-state index < -0.39 is 18.3 Å². The molecule has 1 heterocycles. The zero-order valence-corrected chi connectivity index (χ0v) is 13.7. The third kappa shape index (κ3) is 4.77. The maximum absolute atomic E-state index is 13.2. The van der Waals surface area contributed by atoms with Gasteiger partial charge in [-0.25, -0.2) is 13.2 Å². The van der Waals surface area contributed by atoms with Crippen LogP contribution in [0.2, 0.25) is 0 Å². The molecule has 1 fully saturated rings. The Balaban J connectivity index is 0.00000180. The average Bonchev–Trinajstić information content (AvgIpc) is 2.35. The highest BCUT2D eigenvalue weighted by Gasteiger charge is 2.30. The first-order valence-electron chi connectivity index (χ1n) is 5.77. The molecule has 1 aliphatic heterocycles. The molecule has 0 bridgehead atoms. The van der Waals surface area contributed by atoms with Crippen molar-refractivity contribution >= 4 is 40.7 Å². The van der Waals surface area contributed by atoms with Crippen molar-refractivity contribution < 1.29 is 13.2 Å². The van der Waals surface area contributed by atoms with Crippen molar-refractivity contribution in [3.05, 3.63) is 34.1 Å². The Morgan fingerprint density at radius 2 is 1.75 bits per heavy atom. The summed E-state index contributed by atoms with van der Waals surface area (Å²) >= 11 is 3.04. The normalized spacial score (nSPS) is 17.2. The quantitative estimate of drug-likeness (QED) is 0.840. The van der Waals surface area contributed by atoms with Gasteiger partial charge in [0, 0.05) is 26.2 Å². The van der Waals surface area contributed by atoms with Gasteiger partial charge in [-0.05, 0) is 33.6 Å². The minimum absolute atomic E-state index is 0. The minimum Gasteiger partial charge on any atom is -0.314 e. The lowest BCUT2D eigenvalue weighted by Gasteiger charge is -2.34. The van der Waals surface area contributed by atoms with Crippen LogP contribution in [0.25, 0.3) is 0 Å². The van der Waals surface area contributed by atoms with Crippen LogP contribution in [0.15, 0.2) is 22.7 Å². The first-order chi connectivity index (χ1) is 8.59. The highest BCUT2D eigenvalue weighted by atomic mass is 79.9. The first-order valence-corrected chi connectivity index (χ1v) is 6.57. The van der Waals surface area contributed by atoms with Crippen LogP contribution in [0.1, 0.15) is 11.6 Å². The molecule has 2 nitrogen and oxygen atoms in total. The van der Waals surface area contributed by atoms with Crippen LogP contribution >= 0.6 is 40.7 Å². The number of rotatable bonds is 3. The third-order valence-corrected chi connectivity index (χ3v) is 3.68. The van der Waals surface area contributed by atoms with Gasteiger partial charge in [-0.3, -0.25) is 4.90 Å². The van der Waals surface area contributed by atoms with Crippen molar-refractivity contribution in [2.45, 2.75) is 12.5 Å². The summed E-state index contributed by atoms with van der Waals surface area (Å²) in [6.45, 7) is 2.55. The number of nitrogens with zero attached hydrogens (tertiary/aromatic N) is 1. The molecule has 0 saturated carbocycles. The molecule has 1 aromatic rings. The summed E-state index contributed by atoms with van der Waals surface area (Å²) in [6, 6.07) is 3.12. The van der Waals surface area contributed by atoms with E-state index >= 15 is 0 Å². The maximum Gasteiger partial charge on any atom is 0.258 e. The topological polar surface area (TPSA) is 15.3 Å². The lowest BCUT2D eigenvalue weighted by atomic mass is 10.0. The molecule has 1 aliphatic rings. The molecule has 1 atom stereocenters. The van der Waals surface area contributed by atoms with E-state index in [1.807, 2.05) is 0 Å². The molecule has 0 aromatic heterocycles. The molecule has 8 heteroatoms. The number of benzene rings is 1. The number of nitrogens with one attached hydrogen (secondary N) is 1. The molecule has 0 aliphatic carbocycles. The smallest absolute Gasteiger partial charge is 0.258 e. The van der Waals surface area contributed by atoms with E-state index in [0.717, 1.165) is 0 Å². The van der Waals surface area contributed by atoms with Crippen LogP contribution in [0, 0.1) is 5.82 Å². The average molecular weight is 396 g/mol. The van der Waals surface area contributed by atoms with E-state index in [9.17, 15) is 13.2 Å². The molecule has 2 rings (SSSR count). The van der Waals surface area contributed by atoms with Gasteiger partial charge in [0.1, 0.15) is 5.82 Å². The summed E-state index contributed by atoms with van der Waals surface area (Å²) in [5.41, 5.74) is 0.445. The van der Waals surface area contributed by atoms with E-state index in [4.69, 9.17) is 0 Å². The summed E-state index contributed by atoms with van der Waals surface area (Å²) in [7, 11) is 0. The SMILES string of the molecule is Cl.Cl.Fc1ccc([C@H](C(F)F)N2CCNCC2)cc1Br. The van der Waals surface area contributed by atoms with Gasteiger partial charge in [0.2, 0.25) is 0 Å². The fourth-order valence-electron chi connectivity index (χ4n) is 2.17. The van der Waals surface area contributed by atoms with Crippen LogP contribution < -0.4 is 5.32 Å². The molecule has 1 aromatic carbocycles. The first kappa shape index (κ1) is 20.0. The molecule has 0 amide bonds. The number of hydrogen-bond donors (Lipinski definition) is 1. The van der Waals surface area contributed by atoms with Crippen LogP contribution in [0.4, 0.5) is 13.2 Å². The molecule has 116 valence electrons. The van der Waals surface area contributed by atoms with E-state index in [0.29, 0.717) is 31.7 Å². The largest absolute Gasteiger partial charge is 0.314 e. The Hall–Kier alpha value is -0.0100. The number of hydrogen-bond acceptors (Lipinski definition) is 2. The Morgan fingerprint density at radius 1 is 1.15 bits per heavy atom. The Kier molecular flexibility index (Phi) is 9.09. The fourth-order valence-corrected chi connectivity index (χ4v) is 2.57. The Labute approximate surface area is 137 Å². The van der Waals surface area contributed by atoms with Crippen molar-refractivity contribution in [1.29, 1.82) is 0 Å². The molecule has 0 unspecified atom stereocenters. The summed E-state index contributed by atoms with van der Waals surface area (Å²) in [5, 5.41) is 3.12. The van der Waals surface area contributed by atoms with Crippen molar-refractivity contribution in [1.82, 2.24) is 10.2 Å². The predicted molar refractivity (Wildman–Crippen MR) is 81.8 cm³/mol. The van der Waals surface area contributed by atoms with Gasteiger partial charge in [0.15, 0.2) is 0 Å². The van der Waals surface area contributed by atoms with Crippen LogP contribution in [0.3, 0.4) is 0 Å². The Morgan fingerprint density at radius 3 is 2.25 bits per heavy atom. The second-order valence-electron chi connectivity index (χ2n) is 4.24. The number of halogens is 6. The van der Waals surface area contributed by atoms with Gasteiger partial charge < -0.3 is 5.32 Å². The predicted octanol–water partition coefficient (Wildman–Crippen LogP) is 3.64. The number of alkyl halides is 2. The van der Waals surface area contributed by atoms with E-state index in [1.165, 1.54) is 18.2 Å². The molecule has 20 heavy (non-hydrogen) atoms. The van der Waals surface area contributed by atoms with Gasteiger partial charge in [-0.1, -0.05) is 6.07 Å².